The molecule has 0 saturated carbocycles. The van der Waals surface area contributed by atoms with Crippen LogP contribution in [0, 0.1) is 15.9 Å². The second-order valence-corrected chi connectivity index (χ2v) is 3.90. The van der Waals surface area contributed by atoms with Gasteiger partial charge in [0.1, 0.15) is 17.3 Å². The molecule has 7 heteroatoms. The number of rotatable bonds is 5. The number of aromatic nitrogens is 2. The maximum absolute atomic E-state index is 13.0. The molecular formula is C12H13FN4O2. The molecule has 1 aromatic heterocycles. The molecule has 0 unspecified atom stereocenters. The summed E-state index contributed by atoms with van der Waals surface area (Å²) in [6, 6.07) is 3.43. The van der Waals surface area contributed by atoms with E-state index in [2.05, 4.69) is 10.3 Å². The summed E-state index contributed by atoms with van der Waals surface area (Å²) in [4.78, 5) is 14.4. The molecule has 1 heterocycles. The molecule has 2 aromatic rings. The average molecular weight is 264 g/mol. The lowest BCUT2D eigenvalue weighted by Crippen LogP contribution is -2.08. The molecule has 0 spiro atoms. The van der Waals surface area contributed by atoms with Crippen molar-refractivity contribution < 1.29 is 9.31 Å². The maximum atomic E-state index is 13.0. The van der Waals surface area contributed by atoms with Gasteiger partial charge in [0.15, 0.2) is 0 Å². The van der Waals surface area contributed by atoms with Gasteiger partial charge in [-0.05, 0) is 19.1 Å². The summed E-state index contributed by atoms with van der Waals surface area (Å²) in [7, 11) is 0. The monoisotopic (exact) mass is 264 g/mol. The number of nitro benzene ring substituents is 1. The van der Waals surface area contributed by atoms with Crippen LogP contribution in [0.2, 0.25) is 0 Å². The third kappa shape index (κ3) is 2.87. The number of aryl methyl sites for hydroxylation is 1. The fraction of sp³-hybridized carbons (Fsp3) is 0.250. The van der Waals surface area contributed by atoms with Gasteiger partial charge in [-0.25, -0.2) is 9.37 Å². The van der Waals surface area contributed by atoms with Crippen molar-refractivity contribution in [3.05, 3.63) is 52.3 Å². The highest BCUT2D eigenvalue weighted by molar-refractivity contribution is 5.61. The van der Waals surface area contributed by atoms with E-state index in [9.17, 15) is 14.5 Å². The predicted octanol–water partition coefficient (Wildman–Crippen LogP) is 2.56. The minimum absolute atomic E-state index is 0.275. The van der Waals surface area contributed by atoms with Crippen molar-refractivity contribution in [3.63, 3.8) is 0 Å². The van der Waals surface area contributed by atoms with Gasteiger partial charge in [-0.15, -0.1) is 0 Å². The molecule has 0 aliphatic heterocycles. The van der Waals surface area contributed by atoms with Crippen LogP contribution in [0.1, 0.15) is 12.7 Å². The molecule has 0 amide bonds. The fourth-order valence-electron chi connectivity index (χ4n) is 1.77. The van der Waals surface area contributed by atoms with E-state index in [0.717, 1.165) is 18.4 Å². The molecule has 19 heavy (non-hydrogen) atoms. The molecule has 0 saturated heterocycles. The topological polar surface area (TPSA) is 73.0 Å². The van der Waals surface area contributed by atoms with Crippen LogP contribution in [-0.4, -0.2) is 14.5 Å². The Labute approximate surface area is 109 Å². The zero-order valence-electron chi connectivity index (χ0n) is 10.3. The third-order valence-electron chi connectivity index (χ3n) is 2.74. The second-order valence-electron chi connectivity index (χ2n) is 3.90. The number of hydrogen-bond donors (Lipinski definition) is 1. The smallest absolute Gasteiger partial charge is 0.295 e. The van der Waals surface area contributed by atoms with E-state index in [-0.39, 0.29) is 11.4 Å². The Hall–Kier alpha value is -2.44. The molecule has 1 aromatic carbocycles. The number of nitrogens with zero attached hydrogens (tertiary/aromatic N) is 3. The van der Waals surface area contributed by atoms with Crippen molar-refractivity contribution >= 4 is 11.4 Å². The van der Waals surface area contributed by atoms with Gasteiger partial charge in [-0.1, -0.05) is 0 Å². The zero-order chi connectivity index (χ0) is 13.8. The van der Waals surface area contributed by atoms with Gasteiger partial charge >= 0.3 is 0 Å². The van der Waals surface area contributed by atoms with Crippen LogP contribution in [0.4, 0.5) is 15.8 Å². The first-order chi connectivity index (χ1) is 9.11. The van der Waals surface area contributed by atoms with Gasteiger partial charge in [-0.2, -0.15) is 0 Å². The molecule has 0 fully saturated rings. The Kier molecular flexibility index (Phi) is 3.74. The summed E-state index contributed by atoms with van der Waals surface area (Å²) >= 11 is 0. The number of anilines is 1. The van der Waals surface area contributed by atoms with E-state index in [1.54, 1.807) is 6.20 Å². The van der Waals surface area contributed by atoms with Gasteiger partial charge in [0.05, 0.1) is 17.5 Å². The number of halogens is 1. The van der Waals surface area contributed by atoms with Crippen molar-refractivity contribution in [2.24, 2.45) is 0 Å². The quantitative estimate of drug-likeness (QED) is 0.665. The van der Waals surface area contributed by atoms with Crippen LogP contribution in [-0.2, 0) is 13.1 Å². The van der Waals surface area contributed by atoms with E-state index >= 15 is 0 Å². The first kappa shape index (κ1) is 13.0. The van der Waals surface area contributed by atoms with E-state index < -0.39 is 10.7 Å². The minimum Gasteiger partial charge on any atom is -0.372 e. The Morgan fingerprint density at radius 3 is 3.00 bits per heavy atom. The van der Waals surface area contributed by atoms with Gasteiger partial charge in [-0.3, -0.25) is 10.1 Å². The summed E-state index contributed by atoms with van der Waals surface area (Å²) in [5.41, 5.74) is -0.00772. The number of hydrogen-bond acceptors (Lipinski definition) is 4. The Morgan fingerprint density at radius 1 is 1.53 bits per heavy atom. The molecule has 1 N–H and O–H groups in total. The predicted molar refractivity (Wildman–Crippen MR) is 68.3 cm³/mol. The first-order valence-electron chi connectivity index (χ1n) is 5.79. The van der Waals surface area contributed by atoms with Crippen LogP contribution in [0.25, 0.3) is 0 Å². The maximum Gasteiger partial charge on any atom is 0.295 e. The minimum atomic E-state index is -0.632. The van der Waals surface area contributed by atoms with E-state index in [1.807, 2.05) is 17.7 Å². The van der Waals surface area contributed by atoms with Crippen LogP contribution in [0.15, 0.2) is 30.6 Å². The molecule has 0 atom stereocenters. The highest BCUT2D eigenvalue weighted by Crippen LogP contribution is 2.25. The second kappa shape index (κ2) is 5.47. The lowest BCUT2D eigenvalue weighted by atomic mass is 10.2. The first-order valence-corrected chi connectivity index (χ1v) is 5.79. The van der Waals surface area contributed by atoms with Crippen molar-refractivity contribution in [2.75, 3.05) is 5.32 Å². The van der Waals surface area contributed by atoms with Crippen molar-refractivity contribution in [1.82, 2.24) is 9.55 Å². The summed E-state index contributed by atoms with van der Waals surface area (Å²) < 4.78 is 14.9. The van der Waals surface area contributed by atoms with Crippen LogP contribution in [0.3, 0.4) is 0 Å². The van der Waals surface area contributed by atoms with E-state index in [4.69, 9.17) is 0 Å². The summed E-state index contributed by atoms with van der Waals surface area (Å²) in [5, 5.41) is 13.7. The van der Waals surface area contributed by atoms with Crippen LogP contribution < -0.4 is 5.32 Å². The number of imidazole rings is 1. The summed E-state index contributed by atoms with van der Waals surface area (Å²) in [5.74, 6) is 0.133. The fourth-order valence-corrected chi connectivity index (χ4v) is 1.77. The normalized spacial score (nSPS) is 10.4. The zero-order valence-corrected chi connectivity index (χ0v) is 10.3. The molecule has 0 aliphatic carbocycles. The SMILES string of the molecule is CCn1ccnc1CNc1ccc(F)cc1[N+](=O)[O-]. The van der Waals surface area contributed by atoms with E-state index in [0.29, 0.717) is 6.54 Å². The molecule has 0 aliphatic rings. The Morgan fingerprint density at radius 2 is 2.32 bits per heavy atom. The van der Waals surface area contributed by atoms with Crippen LogP contribution >= 0.6 is 0 Å². The number of nitrogens with one attached hydrogen (secondary N) is 1. The Balaban J connectivity index is 2.18. The highest BCUT2D eigenvalue weighted by atomic mass is 19.1. The van der Waals surface area contributed by atoms with Crippen molar-refractivity contribution in [2.45, 2.75) is 20.0 Å². The average Bonchev–Trinajstić information content (AvgIpc) is 2.84. The van der Waals surface area contributed by atoms with Gasteiger partial charge in [0, 0.05) is 18.9 Å². The largest absolute Gasteiger partial charge is 0.372 e. The van der Waals surface area contributed by atoms with Crippen LogP contribution in [0.5, 0.6) is 0 Å². The molecule has 0 radical (unpaired) electrons. The number of nitro groups is 1. The molecule has 6 nitrogen and oxygen atoms in total. The van der Waals surface area contributed by atoms with Gasteiger partial charge < -0.3 is 9.88 Å². The molecule has 0 bridgehead atoms. The van der Waals surface area contributed by atoms with Crippen molar-refractivity contribution in [1.29, 1.82) is 0 Å². The van der Waals surface area contributed by atoms with Crippen molar-refractivity contribution in [3.8, 4) is 0 Å². The van der Waals surface area contributed by atoms with Gasteiger partial charge in [0.25, 0.3) is 5.69 Å². The number of benzene rings is 1. The summed E-state index contributed by atoms with van der Waals surface area (Å²) in [6.07, 6.45) is 3.50. The molecular weight excluding hydrogens is 251 g/mol. The van der Waals surface area contributed by atoms with E-state index in [1.165, 1.54) is 12.1 Å². The standard InChI is InChI=1S/C12H13FN4O2/c1-2-16-6-5-14-12(16)8-15-10-4-3-9(13)7-11(10)17(18)19/h3-7,15H,2,8H2,1H3. The lowest BCUT2D eigenvalue weighted by Gasteiger charge is -2.08. The third-order valence-corrected chi connectivity index (χ3v) is 2.74. The molecule has 2 rings (SSSR count). The summed E-state index contributed by atoms with van der Waals surface area (Å²) in [6.45, 7) is 3.08. The lowest BCUT2D eigenvalue weighted by molar-refractivity contribution is -0.384. The van der Waals surface area contributed by atoms with Gasteiger partial charge in [0.2, 0.25) is 0 Å². The highest BCUT2D eigenvalue weighted by Gasteiger charge is 2.15. The molecule has 100 valence electrons. The Bertz CT molecular complexity index is 597.